The van der Waals surface area contributed by atoms with Gasteiger partial charge in [0.2, 0.25) is 15.9 Å². The van der Waals surface area contributed by atoms with Gasteiger partial charge in [0.05, 0.1) is 23.1 Å². The summed E-state index contributed by atoms with van der Waals surface area (Å²) in [6.45, 7) is 6.04. The lowest BCUT2D eigenvalue weighted by Gasteiger charge is -2.20. The molecule has 0 aliphatic heterocycles. The summed E-state index contributed by atoms with van der Waals surface area (Å²) in [6.07, 6.45) is 0. The molecule has 0 atom stereocenters. The Kier molecular flexibility index (Phi) is 7.15. The summed E-state index contributed by atoms with van der Waals surface area (Å²) in [5, 5.41) is 14.6. The number of hydrogen-bond donors (Lipinski definition) is 2. The zero-order valence-corrected chi connectivity index (χ0v) is 17.0. The average molecular weight is 401 g/mol. The first-order valence-electron chi connectivity index (χ1n) is 8.96. The predicted molar refractivity (Wildman–Crippen MR) is 110 cm³/mol. The Morgan fingerprint density at radius 3 is 2.46 bits per heavy atom. The van der Waals surface area contributed by atoms with Gasteiger partial charge in [-0.1, -0.05) is 26.0 Å². The highest BCUT2D eigenvalue weighted by Crippen LogP contribution is 2.23. The van der Waals surface area contributed by atoms with Gasteiger partial charge in [0.15, 0.2) is 0 Å². The van der Waals surface area contributed by atoms with Crippen LogP contribution < -0.4 is 10.6 Å². The molecule has 2 aromatic rings. The van der Waals surface area contributed by atoms with Gasteiger partial charge in [0, 0.05) is 24.5 Å². The first-order chi connectivity index (χ1) is 13.3. The van der Waals surface area contributed by atoms with Crippen LogP contribution in [0.15, 0.2) is 47.4 Å². The first-order valence-corrected chi connectivity index (χ1v) is 10.4. The molecule has 7 nitrogen and oxygen atoms in total. The van der Waals surface area contributed by atoms with Crippen molar-refractivity contribution in [1.82, 2.24) is 4.31 Å². The summed E-state index contributed by atoms with van der Waals surface area (Å²) in [5.74, 6) is -0.322. The summed E-state index contributed by atoms with van der Waals surface area (Å²) >= 11 is 0. The van der Waals surface area contributed by atoms with Gasteiger partial charge in [-0.25, -0.2) is 8.42 Å². The fourth-order valence-corrected chi connectivity index (χ4v) is 4.45. The molecule has 0 aliphatic rings. The maximum Gasteiger partial charge on any atom is 0.243 e. The Balaban J connectivity index is 2.12. The van der Waals surface area contributed by atoms with Crippen molar-refractivity contribution in [2.45, 2.75) is 25.7 Å². The van der Waals surface area contributed by atoms with E-state index in [0.717, 1.165) is 0 Å². The Morgan fingerprint density at radius 2 is 1.82 bits per heavy atom. The minimum Gasteiger partial charge on any atom is -0.376 e. The van der Waals surface area contributed by atoms with Gasteiger partial charge in [0.1, 0.15) is 0 Å². The summed E-state index contributed by atoms with van der Waals surface area (Å²) in [7, 11) is -3.62. The number of sulfonamides is 1. The molecular formula is C20H24N4O3S. The number of hydrogen-bond acceptors (Lipinski definition) is 5. The van der Waals surface area contributed by atoms with E-state index >= 15 is 0 Å². The number of nitrogens with zero attached hydrogens (tertiary/aromatic N) is 2. The van der Waals surface area contributed by atoms with E-state index < -0.39 is 10.0 Å². The molecular weight excluding hydrogens is 376 g/mol. The minimum atomic E-state index is -3.62. The number of carbonyl (C=O) groups excluding carboxylic acids is 1. The summed E-state index contributed by atoms with van der Waals surface area (Å²) in [6, 6.07) is 13.7. The third kappa shape index (κ3) is 5.09. The molecule has 0 unspecified atom stereocenters. The van der Waals surface area contributed by atoms with E-state index in [1.54, 1.807) is 57.2 Å². The van der Waals surface area contributed by atoms with Crippen molar-refractivity contribution in [1.29, 1.82) is 5.26 Å². The lowest BCUT2D eigenvalue weighted by atomic mass is 10.2. The third-order valence-corrected chi connectivity index (χ3v) is 6.43. The second kappa shape index (κ2) is 9.35. The monoisotopic (exact) mass is 400 g/mol. The zero-order valence-electron chi connectivity index (χ0n) is 16.2. The normalized spacial score (nSPS) is 11.1. The van der Waals surface area contributed by atoms with Crippen LogP contribution in [0.2, 0.25) is 0 Å². The van der Waals surface area contributed by atoms with Gasteiger partial charge < -0.3 is 10.6 Å². The Hall–Kier alpha value is -2.89. The molecule has 0 aliphatic carbocycles. The second-order valence-electron chi connectivity index (χ2n) is 6.16. The topological polar surface area (TPSA) is 102 Å². The van der Waals surface area contributed by atoms with Crippen LogP contribution in [0, 0.1) is 18.3 Å². The highest BCUT2D eigenvalue weighted by molar-refractivity contribution is 7.89. The molecule has 0 saturated carbocycles. The van der Waals surface area contributed by atoms with Crippen LogP contribution in [0.25, 0.3) is 0 Å². The summed E-state index contributed by atoms with van der Waals surface area (Å²) in [4.78, 5) is 12.4. The molecule has 2 aromatic carbocycles. The molecule has 28 heavy (non-hydrogen) atoms. The van der Waals surface area contributed by atoms with Crippen LogP contribution in [0.3, 0.4) is 0 Å². The molecule has 0 aromatic heterocycles. The van der Waals surface area contributed by atoms with Crippen molar-refractivity contribution in [2.75, 3.05) is 30.3 Å². The van der Waals surface area contributed by atoms with E-state index in [1.165, 1.54) is 10.4 Å². The van der Waals surface area contributed by atoms with Gasteiger partial charge in [-0.3, -0.25) is 4.79 Å². The fourth-order valence-electron chi connectivity index (χ4n) is 2.74. The van der Waals surface area contributed by atoms with Crippen molar-refractivity contribution >= 4 is 27.3 Å². The second-order valence-corrected chi connectivity index (χ2v) is 8.07. The van der Waals surface area contributed by atoms with E-state index in [2.05, 4.69) is 10.6 Å². The largest absolute Gasteiger partial charge is 0.376 e. The lowest BCUT2D eigenvalue weighted by molar-refractivity contribution is -0.114. The van der Waals surface area contributed by atoms with Crippen LogP contribution in [0.1, 0.15) is 25.0 Å². The number of carbonyl (C=O) groups is 1. The van der Waals surface area contributed by atoms with Gasteiger partial charge in [-0.05, 0) is 42.8 Å². The molecule has 2 rings (SSSR count). The van der Waals surface area contributed by atoms with Crippen LogP contribution in [-0.4, -0.2) is 38.3 Å². The molecule has 0 bridgehead atoms. The van der Waals surface area contributed by atoms with Crippen LogP contribution >= 0.6 is 0 Å². The van der Waals surface area contributed by atoms with Crippen molar-refractivity contribution in [3.63, 3.8) is 0 Å². The molecule has 148 valence electrons. The third-order valence-electron chi connectivity index (χ3n) is 4.24. The molecule has 0 heterocycles. The smallest absolute Gasteiger partial charge is 0.243 e. The quantitative estimate of drug-likeness (QED) is 0.709. The van der Waals surface area contributed by atoms with Gasteiger partial charge in [0.25, 0.3) is 0 Å². The number of benzene rings is 2. The van der Waals surface area contributed by atoms with Crippen LogP contribution in [0.5, 0.6) is 0 Å². The van der Waals surface area contributed by atoms with Crippen LogP contribution in [-0.2, 0) is 14.8 Å². The minimum absolute atomic E-state index is 0.0130. The molecule has 0 saturated heterocycles. The highest BCUT2D eigenvalue weighted by Gasteiger charge is 2.24. The van der Waals surface area contributed by atoms with E-state index in [-0.39, 0.29) is 17.3 Å². The Labute approximate surface area is 166 Å². The van der Waals surface area contributed by atoms with Gasteiger partial charge in [-0.15, -0.1) is 0 Å². The highest BCUT2D eigenvalue weighted by atomic mass is 32.2. The van der Waals surface area contributed by atoms with Crippen molar-refractivity contribution in [3.05, 3.63) is 53.6 Å². The molecule has 0 spiro atoms. The van der Waals surface area contributed by atoms with Crippen molar-refractivity contribution in [3.8, 4) is 6.07 Å². The average Bonchev–Trinajstić information content (AvgIpc) is 2.68. The maximum absolute atomic E-state index is 12.8. The lowest BCUT2D eigenvalue weighted by Crippen LogP contribution is -2.31. The fraction of sp³-hybridized carbons (Fsp3) is 0.300. The van der Waals surface area contributed by atoms with Crippen molar-refractivity contribution < 1.29 is 13.2 Å². The first kappa shape index (κ1) is 21.4. The van der Waals surface area contributed by atoms with Gasteiger partial charge >= 0.3 is 0 Å². The molecule has 0 radical (unpaired) electrons. The summed E-state index contributed by atoms with van der Waals surface area (Å²) in [5.41, 5.74) is 2.18. The number of amides is 1. The number of nitriles is 1. The predicted octanol–water partition coefficient (Wildman–Crippen LogP) is 2.95. The van der Waals surface area contributed by atoms with Crippen molar-refractivity contribution in [2.24, 2.45) is 0 Å². The maximum atomic E-state index is 12.8. The van der Waals surface area contributed by atoms with E-state index in [9.17, 15) is 13.2 Å². The SMILES string of the molecule is CCN(CC)S(=O)(=O)c1cc(NC(=O)CNc2cccc(C#N)c2)ccc1C. The zero-order chi connectivity index (χ0) is 20.7. The number of aryl methyl sites for hydroxylation is 1. The molecule has 0 fully saturated rings. The van der Waals surface area contributed by atoms with Crippen LogP contribution in [0.4, 0.5) is 11.4 Å². The van der Waals surface area contributed by atoms with E-state index in [0.29, 0.717) is 35.6 Å². The number of nitrogens with one attached hydrogen (secondary N) is 2. The standard InChI is InChI=1S/C20H24N4O3S/c1-4-24(5-2)28(26,27)19-12-18(10-9-15(19)3)23-20(25)14-22-17-8-6-7-16(11-17)13-21/h6-12,22H,4-5,14H2,1-3H3,(H,23,25). The van der Waals surface area contributed by atoms with E-state index in [1.807, 2.05) is 6.07 Å². The van der Waals surface area contributed by atoms with Gasteiger partial charge in [-0.2, -0.15) is 9.57 Å². The summed E-state index contributed by atoms with van der Waals surface area (Å²) < 4.78 is 27.0. The number of anilines is 2. The Morgan fingerprint density at radius 1 is 1.11 bits per heavy atom. The molecule has 8 heteroatoms. The number of rotatable bonds is 8. The Bertz CT molecular complexity index is 993. The van der Waals surface area contributed by atoms with E-state index in [4.69, 9.17) is 5.26 Å². The molecule has 2 N–H and O–H groups in total. The molecule has 1 amide bonds.